The van der Waals surface area contributed by atoms with Crippen molar-refractivity contribution in [3.8, 4) is 11.8 Å². The Morgan fingerprint density at radius 1 is 1.20 bits per heavy atom. The molecule has 30 heavy (non-hydrogen) atoms. The first kappa shape index (κ1) is 19.8. The summed E-state index contributed by atoms with van der Waals surface area (Å²) < 4.78 is 5.23. The Balaban J connectivity index is 1.48. The Labute approximate surface area is 175 Å². The van der Waals surface area contributed by atoms with Gasteiger partial charge in [0.2, 0.25) is 0 Å². The zero-order valence-corrected chi connectivity index (χ0v) is 17.2. The van der Waals surface area contributed by atoms with Crippen molar-refractivity contribution in [1.29, 1.82) is 5.26 Å². The molecule has 3 aromatic rings. The zero-order chi connectivity index (χ0) is 21.1. The quantitative estimate of drug-likeness (QED) is 0.448. The maximum absolute atomic E-state index is 10.9. The normalized spacial score (nSPS) is 16.8. The number of aromatic nitrogens is 2. The summed E-state index contributed by atoms with van der Waals surface area (Å²) in [6, 6.07) is 17.6. The lowest BCUT2D eigenvalue weighted by molar-refractivity contribution is -0.919. The maximum Gasteiger partial charge on any atom is 0.172 e. The summed E-state index contributed by atoms with van der Waals surface area (Å²) >= 11 is 0. The molecule has 0 bridgehead atoms. The Kier molecular flexibility index (Phi) is 5.59. The SMILES string of the molecule is COc1ccc(N2CC[NH+]([C@H](C)/C(O)=C(\C#N)c3nc4ccccc4[nH]3)CC2)cc1. The second-order valence-electron chi connectivity index (χ2n) is 7.54. The van der Waals surface area contributed by atoms with Crippen LogP contribution in [0.5, 0.6) is 5.75 Å². The highest BCUT2D eigenvalue weighted by molar-refractivity contribution is 5.82. The van der Waals surface area contributed by atoms with Crippen LogP contribution in [0.3, 0.4) is 0 Å². The lowest BCUT2D eigenvalue weighted by atomic mass is 10.1. The fraction of sp³-hybridized carbons (Fsp3) is 0.304. The van der Waals surface area contributed by atoms with E-state index in [2.05, 4.69) is 33.1 Å². The molecule has 0 spiro atoms. The first-order chi connectivity index (χ1) is 14.6. The van der Waals surface area contributed by atoms with Gasteiger partial charge in [-0.2, -0.15) is 5.26 Å². The molecule has 0 saturated carbocycles. The van der Waals surface area contributed by atoms with Gasteiger partial charge in [0, 0.05) is 5.69 Å². The first-order valence-corrected chi connectivity index (χ1v) is 10.1. The van der Waals surface area contributed by atoms with Gasteiger partial charge in [-0.1, -0.05) is 12.1 Å². The number of H-pyrrole nitrogens is 1. The van der Waals surface area contributed by atoms with Gasteiger partial charge in [-0.25, -0.2) is 4.98 Å². The molecule has 1 aliphatic rings. The van der Waals surface area contributed by atoms with Crippen LogP contribution in [-0.4, -0.2) is 54.4 Å². The second kappa shape index (κ2) is 8.47. The van der Waals surface area contributed by atoms with Gasteiger partial charge < -0.3 is 24.6 Å². The third-order valence-electron chi connectivity index (χ3n) is 5.86. The first-order valence-electron chi connectivity index (χ1n) is 10.1. The topological polar surface area (TPSA) is 89.6 Å². The number of quaternary nitrogens is 1. The van der Waals surface area contributed by atoms with Crippen LogP contribution in [0, 0.1) is 11.3 Å². The summed E-state index contributed by atoms with van der Waals surface area (Å²) in [6.45, 7) is 5.47. The van der Waals surface area contributed by atoms with Gasteiger partial charge in [0.1, 0.15) is 23.4 Å². The van der Waals surface area contributed by atoms with Gasteiger partial charge in [-0.15, -0.1) is 0 Å². The van der Waals surface area contributed by atoms with Crippen LogP contribution >= 0.6 is 0 Å². The monoisotopic (exact) mass is 404 g/mol. The molecule has 1 aromatic heterocycles. The van der Waals surface area contributed by atoms with Gasteiger partial charge in [-0.3, -0.25) is 0 Å². The van der Waals surface area contributed by atoms with Gasteiger partial charge in [0.05, 0.1) is 44.3 Å². The summed E-state index contributed by atoms with van der Waals surface area (Å²) in [5.41, 5.74) is 3.01. The number of imidazole rings is 1. The maximum atomic E-state index is 10.9. The van der Waals surface area contributed by atoms with Crippen molar-refractivity contribution in [2.24, 2.45) is 0 Å². The van der Waals surface area contributed by atoms with Gasteiger partial charge in [0.25, 0.3) is 0 Å². The highest BCUT2D eigenvalue weighted by Crippen LogP contribution is 2.21. The number of nitriles is 1. The van der Waals surface area contributed by atoms with E-state index in [0.29, 0.717) is 5.82 Å². The molecule has 7 nitrogen and oxygen atoms in total. The Bertz CT molecular complexity index is 1060. The highest BCUT2D eigenvalue weighted by Gasteiger charge is 2.29. The summed E-state index contributed by atoms with van der Waals surface area (Å²) in [6.07, 6.45) is 0. The summed E-state index contributed by atoms with van der Waals surface area (Å²) in [4.78, 5) is 11.2. The van der Waals surface area contributed by atoms with E-state index in [9.17, 15) is 10.4 Å². The summed E-state index contributed by atoms with van der Waals surface area (Å²) in [5.74, 6) is 1.35. The van der Waals surface area contributed by atoms with Crippen molar-refractivity contribution in [3.05, 3.63) is 60.1 Å². The molecular weight excluding hydrogens is 378 g/mol. The number of piperazine rings is 1. The molecule has 1 fully saturated rings. The fourth-order valence-electron chi connectivity index (χ4n) is 3.99. The van der Waals surface area contributed by atoms with E-state index < -0.39 is 0 Å². The van der Waals surface area contributed by atoms with E-state index in [-0.39, 0.29) is 17.4 Å². The molecule has 7 heteroatoms. The van der Waals surface area contributed by atoms with Crippen molar-refractivity contribution < 1.29 is 14.7 Å². The van der Waals surface area contributed by atoms with Crippen molar-refractivity contribution in [2.75, 3.05) is 38.2 Å². The van der Waals surface area contributed by atoms with E-state index in [1.807, 2.05) is 43.3 Å². The number of rotatable bonds is 5. The number of para-hydroxylation sites is 2. The molecule has 1 saturated heterocycles. The standard InChI is InChI=1S/C23H25N5O2/c1-16(22(29)19(15-24)23-25-20-5-3-4-6-21(20)26-23)27-11-13-28(14-12-27)17-7-9-18(30-2)10-8-17/h3-10,16,29H,11-14H2,1-2H3,(H,25,26)/p+1/b22-19-/t16-/m1/s1. The summed E-state index contributed by atoms with van der Waals surface area (Å²) in [5, 5.41) is 20.6. The van der Waals surface area contributed by atoms with Crippen LogP contribution in [0.2, 0.25) is 0 Å². The smallest absolute Gasteiger partial charge is 0.172 e. The minimum atomic E-state index is -0.189. The van der Waals surface area contributed by atoms with E-state index in [1.165, 1.54) is 10.6 Å². The third kappa shape index (κ3) is 3.82. The lowest BCUT2D eigenvalue weighted by Gasteiger charge is -2.36. The average molecular weight is 404 g/mol. The molecule has 2 aromatic carbocycles. The number of aliphatic hydroxyl groups excluding tert-OH is 1. The molecule has 0 unspecified atom stereocenters. The van der Waals surface area contributed by atoms with E-state index in [0.717, 1.165) is 43.0 Å². The number of aliphatic hydroxyl groups is 1. The number of methoxy groups -OCH3 is 1. The number of aromatic amines is 1. The fourth-order valence-corrected chi connectivity index (χ4v) is 3.99. The predicted octanol–water partition coefficient (Wildman–Crippen LogP) is 2.16. The summed E-state index contributed by atoms with van der Waals surface area (Å²) in [7, 11) is 1.67. The number of anilines is 1. The van der Waals surface area contributed by atoms with Crippen LogP contribution in [0.4, 0.5) is 5.69 Å². The van der Waals surface area contributed by atoms with Crippen molar-refractivity contribution in [1.82, 2.24) is 9.97 Å². The van der Waals surface area contributed by atoms with Crippen LogP contribution in [0.15, 0.2) is 54.3 Å². The molecule has 0 radical (unpaired) electrons. The Morgan fingerprint density at radius 3 is 2.53 bits per heavy atom. The highest BCUT2D eigenvalue weighted by atomic mass is 16.5. The molecular formula is C23H26N5O2+. The average Bonchev–Trinajstić information content (AvgIpc) is 3.23. The lowest BCUT2D eigenvalue weighted by Crippen LogP contribution is -3.18. The van der Waals surface area contributed by atoms with Gasteiger partial charge in [-0.05, 0) is 43.3 Å². The Hall–Kier alpha value is -3.50. The number of nitrogens with one attached hydrogen (secondary N) is 2. The number of fused-ring (bicyclic) bond motifs is 1. The molecule has 0 amide bonds. The Morgan fingerprint density at radius 2 is 1.90 bits per heavy atom. The van der Waals surface area contributed by atoms with Crippen LogP contribution in [-0.2, 0) is 0 Å². The van der Waals surface area contributed by atoms with Crippen molar-refractivity contribution in [3.63, 3.8) is 0 Å². The number of benzene rings is 2. The molecule has 1 atom stereocenters. The van der Waals surface area contributed by atoms with Crippen LogP contribution < -0.4 is 14.5 Å². The van der Waals surface area contributed by atoms with Crippen LogP contribution in [0.1, 0.15) is 12.7 Å². The molecule has 3 N–H and O–H groups in total. The van der Waals surface area contributed by atoms with Gasteiger partial charge >= 0.3 is 0 Å². The molecule has 1 aliphatic heterocycles. The van der Waals surface area contributed by atoms with E-state index in [4.69, 9.17) is 4.74 Å². The van der Waals surface area contributed by atoms with Crippen molar-refractivity contribution >= 4 is 22.3 Å². The minimum absolute atomic E-state index is 0.0875. The second-order valence-corrected chi connectivity index (χ2v) is 7.54. The van der Waals surface area contributed by atoms with E-state index >= 15 is 0 Å². The number of ether oxygens (including phenoxy) is 1. The zero-order valence-electron chi connectivity index (χ0n) is 17.2. The molecule has 0 aliphatic carbocycles. The van der Waals surface area contributed by atoms with Crippen LogP contribution in [0.25, 0.3) is 16.6 Å². The number of allylic oxidation sites excluding steroid dienone is 1. The minimum Gasteiger partial charge on any atom is -0.505 e. The number of hydrogen-bond donors (Lipinski definition) is 3. The van der Waals surface area contributed by atoms with E-state index in [1.54, 1.807) is 7.11 Å². The van der Waals surface area contributed by atoms with Gasteiger partial charge in [0.15, 0.2) is 11.6 Å². The molecule has 2 heterocycles. The predicted molar refractivity (Wildman–Crippen MR) is 117 cm³/mol. The number of nitrogens with zero attached hydrogens (tertiary/aromatic N) is 3. The van der Waals surface area contributed by atoms with Crippen molar-refractivity contribution in [2.45, 2.75) is 13.0 Å². The largest absolute Gasteiger partial charge is 0.505 e. The molecule has 4 rings (SSSR count). The molecule has 154 valence electrons. The number of hydrogen-bond acceptors (Lipinski definition) is 5. The third-order valence-corrected chi connectivity index (χ3v) is 5.86.